The van der Waals surface area contributed by atoms with Crippen molar-refractivity contribution in [3.63, 3.8) is 0 Å². The van der Waals surface area contributed by atoms with Gasteiger partial charge in [0.05, 0.1) is 17.0 Å². The van der Waals surface area contributed by atoms with Crippen molar-refractivity contribution >= 4 is 17.3 Å². The van der Waals surface area contributed by atoms with Gasteiger partial charge in [-0.25, -0.2) is 0 Å². The maximum absolute atomic E-state index is 12.0. The Morgan fingerprint density at radius 3 is 2.63 bits per heavy atom. The number of allylic oxidation sites excluding steroid dienone is 1. The second-order valence-electron chi connectivity index (χ2n) is 5.12. The van der Waals surface area contributed by atoms with E-state index in [4.69, 9.17) is 0 Å². The second kappa shape index (κ2) is 4.61. The normalized spacial score (nSPS) is 19.2. The molecule has 98 valence electrons. The molecule has 1 aliphatic heterocycles. The lowest BCUT2D eigenvalue weighted by Crippen LogP contribution is -2.33. The first-order valence-electron chi connectivity index (χ1n) is 6.70. The molecule has 0 atom stereocenters. The number of nitrogens with zero attached hydrogens (tertiary/aromatic N) is 2. The van der Waals surface area contributed by atoms with Crippen molar-refractivity contribution in [2.24, 2.45) is 0 Å². The number of hydrogen-bond acceptors (Lipinski definition) is 4. The van der Waals surface area contributed by atoms with E-state index in [9.17, 15) is 9.59 Å². The summed E-state index contributed by atoms with van der Waals surface area (Å²) in [6.07, 6.45) is 6.64. The maximum atomic E-state index is 12.0. The van der Waals surface area contributed by atoms with Crippen molar-refractivity contribution in [3.8, 4) is 0 Å². The number of rotatable bonds is 1. The van der Waals surface area contributed by atoms with Gasteiger partial charge in [-0.1, -0.05) is 0 Å². The molecule has 4 heteroatoms. The molecular weight excluding hydrogens is 240 g/mol. The Labute approximate surface area is 112 Å². The molecule has 0 amide bonds. The quantitative estimate of drug-likeness (QED) is 0.721. The number of carbonyl (C=O) groups is 2. The molecule has 3 rings (SSSR count). The molecule has 0 bridgehead atoms. The summed E-state index contributed by atoms with van der Waals surface area (Å²) < 4.78 is 0. The maximum Gasteiger partial charge on any atom is 0.235 e. The molecule has 19 heavy (non-hydrogen) atoms. The van der Waals surface area contributed by atoms with E-state index in [-0.39, 0.29) is 0 Å². The number of pyridine rings is 1. The number of hydrogen-bond donors (Lipinski definition) is 0. The van der Waals surface area contributed by atoms with Crippen molar-refractivity contribution in [1.29, 1.82) is 0 Å². The zero-order chi connectivity index (χ0) is 13.4. The average Bonchev–Trinajstić information content (AvgIpc) is 2.43. The number of piperidine rings is 1. The first-order chi connectivity index (χ1) is 9.18. The fourth-order valence-corrected chi connectivity index (χ4v) is 2.80. The fraction of sp³-hybridized carbons (Fsp3) is 0.400. The zero-order valence-electron chi connectivity index (χ0n) is 11.0. The van der Waals surface area contributed by atoms with Crippen LogP contribution in [0.2, 0.25) is 0 Å². The third-order valence-electron chi connectivity index (χ3n) is 3.82. The predicted octanol–water partition coefficient (Wildman–Crippen LogP) is 1.98. The molecule has 2 aliphatic rings. The minimum atomic E-state index is -0.429. The Kier molecular flexibility index (Phi) is 2.93. The smallest absolute Gasteiger partial charge is 0.235 e. The van der Waals surface area contributed by atoms with Crippen LogP contribution in [0.5, 0.6) is 0 Å². The Bertz CT molecular complexity index is 584. The summed E-state index contributed by atoms with van der Waals surface area (Å²) in [5.74, 6) is -0.856. The monoisotopic (exact) mass is 256 g/mol. The van der Waals surface area contributed by atoms with Crippen LogP contribution in [0.1, 0.15) is 40.9 Å². The molecule has 1 aliphatic carbocycles. The Morgan fingerprint density at radius 1 is 1.16 bits per heavy atom. The van der Waals surface area contributed by atoms with Gasteiger partial charge in [0.25, 0.3) is 0 Å². The van der Waals surface area contributed by atoms with Crippen LogP contribution >= 0.6 is 0 Å². The summed E-state index contributed by atoms with van der Waals surface area (Å²) >= 11 is 0. The van der Waals surface area contributed by atoms with Crippen molar-refractivity contribution in [1.82, 2.24) is 9.88 Å². The predicted molar refractivity (Wildman–Crippen MR) is 71.7 cm³/mol. The van der Waals surface area contributed by atoms with Crippen molar-refractivity contribution in [2.45, 2.75) is 26.2 Å². The minimum Gasteiger partial charge on any atom is -0.370 e. The Hall–Kier alpha value is -1.97. The average molecular weight is 256 g/mol. The molecule has 1 fully saturated rings. The second-order valence-corrected chi connectivity index (χ2v) is 5.12. The highest BCUT2D eigenvalue weighted by atomic mass is 16.2. The van der Waals surface area contributed by atoms with E-state index in [1.54, 1.807) is 12.3 Å². The van der Waals surface area contributed by atoms with Crippen LogP contribution in [0.25, 0.3) is 5.70 Å². The number of carbonyl (C=O) groups excluding carboxylic acids is 2. The SMILES string of the molecule is Cc1ccnc2c1C(=O)C(=O)C=C2N1CCCCC1. The molecule has 1 saturated heterocycles. The molecular formula is C15H16N2O2. The van der Waals surface area contributed by atoms with Crippen LogP contribution in [-0.2, 0) is 4.79 Å². The van der Waals surface area contributed by atoms with Crippen molar-refractivity contribution < 1.29 is 9.59 Å². The van der Waals surface area contributed by atoms with Gasteiger partial charge in [-0.05, 0) is 37.8 Å². The highest BCUT2D eigenvalue weighted by Crippen LogP contribution is 2.29. The Balaban J connectivity index is 2.10. The molecule has 0 spiro atoms. The van der Waals surface area contributed by atoms with Gasteiger partial charge in [-0.15, -0.1) is 0 Å². The lowest BCUT2D eigenvalue weighted by atomic mass is 9.92. The summed E-state index contributed by atoms with van der Waals surface area (Å²) in [4.78, 5) is 30.4. The van der Waals surface area contributed by atoms with Crippen molar-refractivity contribution in [2.75, 3.05) is 13.1 Å². The summed E-state index contributed by atoms with van der Waals surface area (Å²) in [5.41, 5.74) is 2.80. The van der Waals surface area contributed by atoms with Gasteiger partial charge < -0.3 is 4.90 Å². The lowest BCUT2D eigenvalue weighted by molar-refractivity contribution is -0.111. The van der Waals surface area contributed by atoms with E-state index >= 15 is 0 Å². The first kappa shape index (κ1) is 12.1. The van der Waals surface area contributed by atoms with Gasteiger partial charge in [0, 0.05) is 25.4 Å². The van der Waals surface area contributed by atoms with Gasteiger partial charge in [-0.2, -0.15) is 0 Å². The van der Waals surface area contributed by atoms with Gasteiger partial charge in [0.2, 0.25) is 11.6 Å². The van der Waals surface area contributed by atoms with Crippen LogP contribution < -0.4 is 0 Å². The summed E-state index contributed by atoms with van der Waals surface area (Å²) in [7, 11) is 0. The van der Waals surface area contributed by atoms with Crippen LogP contribution in [-0.4, -0.2) is 34.5 Å². The van der Waals surface area contributed by atoms with E-state index in [1.165, 1.54) is 12.5 Å². The molecule has 0 unspecified atom stereocenters. The van der Waals surface area contributed by atoms with Crippen LogP contribution in [0, 0.1) is 6.92 Å². The van der Waals surface area contributed by atoms with Gasteiger partial charge in [-0.3, -0.25) is 14.6 Å². The van der Waals surface area contributed by atoms with Gasteiger partial charge >= 0.3 is 0 Å². The largest absolute Gasteiger partial charge is 0.370 e. The third-order valence-corrected chi connectivity index (χ3v) is 3.82. The number of aromatic nitrogens is 1. The summed E-state index contributed by atoms with van der Waals surface area (Å²) in [6, 6.07) is 1.78. The number of Topliss-reactive ketones (excluding diaryl/α,β-unsaturated/α-hetero) is 1. The van der Waals surface area contributed by atoms with Crippen molar-refractivity contribution in [3.05, 3.63) is 35.2 Å². The molecule has 0 N–H and O–H groups in total. The van der Waals surface area contributed by atoms with E-state index in [0.29, 0.717) is 11.3 Å². The fourth-order valence-electron chi connectivity index (χ4n) is 2.80. The standard InChI is InChI=1S/C15H16N2O2/c1-10-5-6-16-14-11(17-7-3-2-4-8-17)9-12(18)15(19)13(10)14/h5-6,9H,2-4,7-8H2,1H3. The number of likely N-dealkylation sites (tertiary alicyclic amines) is 1. The highest BCUT2D eigenvalue weighted by Gasteiger charge is 2.31. The number of fused-ring (bicyclic) bond motifs is 1. The van der Waals surface area contributed by atoms with Crippen LogP contribution in [0.15, 0.2) is 18.3 Å². The molecule has 0 aromatic carbocycles. The summed E-state index contributed by atoms with van der Waals surface area (Å²) in [5, 5.41) is 0. The zero-order valence-corrected chi connectivity index (χ0v) is 11.0. The van der Waals surface area contributed by atoms with Gasteiger partial charge in [0.1, 0.15) is 0 Å². The molecule has 1 aromatic rings. The van der Waals surface area contributed by atoms with E-state index in [1.807, 2.05) is 6.92 Å². The summed E-state index contributed by atoms with van der Waals surface area (Å²) in [6.45, 7) is 3.72. The topological polar surface area (TPSA) is 50.3 Å². The first-order valence-corrected chi connectivity index (χ1v) is 6.70. The van der Waals surface area contributed by atoms with Gasteiger partial charge in [0.15, 0.2) is 0 Å². The minimum absolute atomic E-state index is 0.427. The van der Waals surface area contributed by atoms with E-state index in [2.05, 4.69) is 9.88 Å². The highest BCUT2D eigenvalue weighted by molar-refractivity contribution is 6.50. The molecule has 1 aromatic heterocycles. The molecule has 0 radical (unpaired) electrons. The van der Waals surface area contributed by atoms with Crippen LogP contribution in [0.4, 0.5) is 0 Å². The van der Waals surface area contributed by atoms with E-state index in [0.717, 1.165) is 37.2 Å². The number of ketones is 2. The third kappa shape index (κ3) is 1.97. The molecule has 4 nitrogen and oxygen atoms in total. The Morgan fingerprint density at radius 2 is 1.89 bits per heavy atom. The number of aryl methyl sites for hydroxylation is 1. The van der Waals surface area contributed by atoms with Crippen LogP contribution in [0.3, 0.4) is 0 Å². The molecule has 2 heterocycles. The van der Waals surface area contributed by atoms with E-state index < -0.39 is 11.6 Å². The lowest BCUT2D eigenvalue weighted by Gasteiger charge is -2.32. The molecule has 0 saturated carbocycles.